The lowest BCUT2D eigenvalue weighted by atomic mass is 9.95. The highest BCUT2D eigenvalue weighted by Crippen LogP contribution is 2.25. The number of hydrogen-bond donors (Lipinski definition) is 0. The lowest BCUT2D eigenvalue weighted by molar-refractivity contribution is 0.944. The average Bonchev–Trinajstić information content (AvgIpc) is 2.41. The molecule has 0 amide bonds. The zero-order valence-electron chi connectivity index (χ0n) is 12.6. The Morgan fingerprint density at radius 1 is 1.05 bits per heavy atom. The smallest absolute Gasteiger partial charge is 0.121 e. The first-order valence-corrected chi connectivity index (χ1v) is 6.96. The molecule has 0 saturated carbocycles. The molecule has 2 rings (SSSR count). The van der Waals surface area contributed by atoms with Crippen LogP contribution in [0.15, 0.2) is 34.5 Å². The fraction of sp³-hybridized carbons (Fsp3) is 0.333. The Bertz CT molecular complexity index is 716. The van der Waals surface area contributed by atoms with Crippen molar-refractivity contribution in [1.82, 2.24) is 0 Å². The summed E-state index contributed by atoms with van der Waals surface area (Å²) in [6, 6.07) is 8.77. The molecule has 0 aliphatic carbocycles. The van der Waals surface area contributed by atoms with E-state index in [0.717, 1.165) is 12.1 Å². The summed E-state index contributed by atoms with van der Waals surface area (Å²) < 4.78 is 0. The van der Waals surface area contributed by atoms with Crippen molar-refractivity contribution >= 4 is 10.8 Å². The summed E-state index contributed by atoms with van der Waals surface area (Å²) in [4.78, 5) is 0. The molecule has 0 spiro atoms. The van der Waals surface area contributed by atoms with E-state index in [1.165, 1.54) is 27.5 Å². The van der Waals surface area contributed by atoms with Crippen molar-refractivity contribution in [2.75, 3.05) is 13.1 Å². The van der Waals surface area contributed by atoms with Crippen LogP contribution in [0.25, 0.3) is 10.8 Å². The van der Waals surface area contributed by atoms with Crippen LogP contribution in [0.4, 0.5) is 0 Å². The van der Waals surface area contributed by atoms with Gasteiger partial charge in [0.15, 0.2) is 0 Å². The van der Waals surface area contributed by atoms with Crippen LogP contribution < -0.4 is 0 Å². The first-order valence-electron chi connectivity index (χ1n) is 6.96. The SMILES string of the molecule is CCN=NCC#Cc1c(C)cc2cc(C)ccc2c1C. The van der Waals surface area contributed by atoms with Crippen LogP contribution in [0.3, 0.4) is 0 Å². The Morgan fingerprint density at radius 2 is 1.85 bits per heavy atom. The minimum absolute atomic E-state index is 0.471. The molecule has 0 atom stereocenters. The van der Waals surface area contributed by atoms with E-state index in [1.807, 2.05) is 6.92 Å². The fourth-order valence-corrected chi connectivity index (χ4v) is 2.38. The normalized spacial score (nSPS) is 10.8. The van der Waals surface area contributed by atoms with Gasteiger partial charge in [-0.15, -0.1) is 0 Å². The van der Waals surface area contributed by atoms with Gasteiger partial charge in [-0.3, -0.25) is 0 Å². The molecule has 0 radical (unpaired) electrons. The molecule has 0 aliphatic heterocycles. The second-order valence-corrected chi connectivity index (χ2v) is 4.98. The monoisotopic (exact) mass is 264 g/mol. The molecule has 102 valence electrons. The molecule has 2 heteroatoms. The Balaban J connectivity index is 2.44. The van der Waals surface area contributed by atoms with Crippen LogP contribution in [-0.2, 0) is 0 Å². The van der Waals surface area contributed by atoms with Gasteiger partial charge in [-0.1, -0.05) is 41.7 Å². The molecular formula is C18H20N2. The highest BCUT2D eigenvalue weighted by Gasteiger charge is 2.05. The van der Waals surface area contributed by atoms with Crippen LogP contribution in [-0.4, -0.2) is 13.1 Å². The Kier molecular flexibility index (Phi) is 4.53. The zero-order chi connectivity index (χ0) is 14.5. The van der Waals surface area contributed by atoms with Crippen LogP contribution in [0.2, 0.25) is 0 Å². The van der Waals surface area contributed by atoms with Gasteiger partial charge in [-0.05, 0) is 49.6 Å². The van der Waals surface area contributed by atoms with Crippen LogP contribution in [0, 0.1) is 32.6 Å². The number of rotatable bonds is 2. The van der Waals surface area contributed by atoms with Gasteiger partial charge < -0.3 is 0 Å². The molecule has 2 aromatic rings. The van der Waals surface area contributed by atoms with Crippen molar-refractivity contribution in [1.29, 1.82) is 0 Å². The summed E-state index contributed by atoms with van der Waals surface area (Å²) in [6.45, 7) is 9.54. The zero-order valence-corrected chi connectivity index (χ0v) is 12.6. The Labute approximate surface area is 120 Å². The Morgan fingerprint density at radius 3 is 2.60 bits per heavy atom. The van der Waals surface area contributed by atoms with Gasteiger partial charge in [0.1, 0.15) is 6.54 Å². The lowest BCUT2D eigenvalue weighted by Crippen LogP contribution is -1.91. The van der Waals surface area contributed by atoms with Gasteiger partial charge in [0.2, 0.25) is 0 Å². The number of benzene rings is 2. The molecule has 2 nitrogen and oxygen atoms in total. The highest BCUT2D eigenvalue weighted by atomic mass is 15.1. The molecule has 0 saturated heterocycles. The quantitative estimate of drug-likeness (QED) is 0.560. The summed E-state index contributed by atoms with van der Waals surface area (Å²) in [5.74, 6) is 6.33. The number of azo groups is 1. The predicted octanol–water partition coefficient (Wildman–Crippen LogP) is 4.59. The number of hydrogen-bond acceptors (Lipinski definition) is 2. The van der Waals surface area contributed by atoms with Gasteiger partial charge in [0, 0.05) is 5.56 Å². The second-order valence-electron chi connectivity index (χ2n) is 4.98. The molecule has 0 N–H and O–H groups in total. The fourth-order valence-electron chi connectivity index (χ4n) is 2.38. The largest absolute Gasteiger partial charge is 0.194 e. The number of aryl methyl sites for hydroxylation is 3. The molecule has 0 bridgehead atoms. The van der Waals surface area contributed by atoms with E-state index < -0.39 is 0 Å². The predicted molar refractivity (Wildman–Crippen MR) is 85.3 cm³/mol. The molecule has 2 aromatic carbocycles. The lowest BCUT2D eigenvalue weighted by Gasteiger charge is -2.09. The maximum absolute atomic E-state index is 3.99. The third-order valence-corrected chi connectivity index (χ3v) is 3.36. The van der Waals surface area contributed by atoms with Gasteiger partial charge in [-0.2, -0.15) is 10.2 Å². The summed E-state index contributed by atoms with van der Waals surface area (Å²) in [6.07, 6.45) is 0. The van der Waals surface area contributed by atoms with Gasteiger partial charge in [0.05, 0.1) is 6.54 Å². The van der Waals surface area contributed by atoms with E-state index in [4.69, 9.17) is 0 Å². The van der Waals surface area contributed by atoms with E-state index in [2.05, 4.69) is 67.1 Å². The first kappa shape index (κ1) is 14.3. The molecule has 0 heterocycles. The number of nitrogens with zero attached hydrogens (tertiary/aromatic N) is 2. The third-order valence-electron chi connectivity index (χ3n) is 3.36. The Hall–Kier alpha value is -2.14. The van der Waals surface area contributed by atoms with Crippen molar-refractivity contribution in [2.24, 2.45) is 10.2 Å². The molecular weight excluding hydrogens is 244 g/mol. The van der Waals surface area contributed by atoms with E-state index in [1.54, 1.807) is 0 Å². The van der Waals surface area contributed by atoms with E-state index in [9.17, 15) is 0 Å². The van der Waals surface area contributed by atoms with E-state index >= 15 is 0 Å². The van der Waals surface area contributed by atoms with E-state index in [0.29, 0.717) is 6.54 Å². The molecule has 0 aromatic heterocycles. The summed E-state index contributed by atoms with van der Waals surface area (Å²) in [5, 5.41) is 10.5. The maximum atomic E-state index is 3.99. The van der Waals surface area contributed by atoms with E-state index in [-0.39, 0.29) is 0 Å². The standard InChI is InChI=1S/C18H20N2/c1-5-19-20-10-6-7-17-14(3)12-16-11-13(2)8-9-18(16)15(17)4/h8-9,11-12H,5,10H2,1-4H3. The van der Waals surface area contributed by atoms with Crippen molar-refractivity contribution in [3.8, 4) is 11.8 Å². The van der Waals surface area contributed by atoms with Crippen molar-refractivity contribution in [2.45, 2.75) is 27.7 Å². The van der Waals surface area contributed by atoms with Crippen LogP contribution >= 0.6 is 0 Å². The first-order chi connectivity index (χ1) is 9.63. The average molecular weight is 264 g/mol. The third kappa shape index (κ3) is 3.05. The minimum atomic E-state index is 0.471. The van der Waals surface area contributed by atoms with Gasteiger partial charge >= 0.3 is 0 Å². The topological polar surface area (TPSA) is 24.7 Å². The summed E-state index contributed by atoms with van der Waals surface area (Å²) >= 11 is 0. The summed E-state index contributed by atoms with van der Waals surface area (Å²) in [5.41, 5.74) is 4.88. The van der Waals surface area contributed by atoms with Crippen molar-refractivity contribution in [3.63, 3.8) is 0 Å². The summed E-state index contributed by atoms with van der Waals surface area (Å²) in [7, 11) is 0. The van der Waals surface area contributed by atoms with Crippen molar-refractivity contribution in [3.05, 3.63) is 46.5 Å². The molecule has 0 aliphatic rings. The highest BCUT2D eigenvalue weighted by molar-refractivity contribution is 5.89. The minimum Gasteiger partial charge on any atom is -0.194 e. The van der Waals surface area contributed by atoms with Gasteiger partial charge in [0.25, 0.3) is 0 Å². The number of fused-ring (bicyclic) bond motifs is 1. The molecule has 0 fully saturated rings. The van der Waals surface area contributed by atoms with Crippen molar-refractivity contribution < 1.29 is 0 Å². The molecule has 0 unspecified atom stereocenters. The second kappa shape index (κ2) is 6.34. The van der Waals surface area contributed by atoms with Crippen LogP contribution in [0.1, 0.15) is 29.2 Å². The van der Waals surface area contributed by atoms with Crippen LogP contribution in [0.5, 0.6) is 0 Å². The van der Waals surface area contributed by atoms with Gasteiger partial charge in [-0.25, -0.2) is 0 Å². The maximum Gasteiger partial charge on any atom is 0.121 e. The molecule has 20 heavy (non-hydrogen) atoms.